The molecule has 186 valence electrons. The number of carbonyl (C=O) groups excluding carboxylic acids is 2. The summed E-state index contributed by atoms with van der Waals surface area (Å²) >= 11 is 0. The molecule has 4 rings (SSSR count). The maximum absolute atomic E-state index is 13.1. The minimum Gasteiger partial charge on any atom is -0.480 e. The van der Waals surface area contributed by atoms with Gasteiger partial charge in [0.05, 0.1) is 0 Å². The van der Waals surface area contributed by atoms with Crippen LogP contribution in [0.5, 0.6) is 0 Å². The van der Waals surface area contributed by atoms with E-state index in [1.165, 1.54) is 4.90 Å². The van der Waals surface area contributed by atoms with Gasteiger partial charge in [-0.15, -0.1) is 0 Å². The van der Waals surface area contributed by atoms with E-state index in [0.29, 0.717) is 12.8 Å². The molecule has 1 aliphatic carbocycles. The molecule has 2 aromatic carbocycles. The minimum atomic E-state index is -1.12. The number of fused-ring (bicyclic) bond motifs is 3. The molecule has 0 spiro atoms. The molecule has 8 heteroatoms. The number of rotatable bonds is 5. The van der Waals surface area contributed by atoms with Gasteiger partial charge in [0, 0.05) is 24.9 Å². The quantitative estimate of drug-likeness (QED) is 0.647. The number of hydrogen-bond donors (Lipinski definition) is 2. The summed E-state index contributed by atoms with van der Waals surface area (Å²) in [5, 5.41) is 12.6. The number of alkyl carbamates (subject to hydrolysis) is 1. The van der Waals surface area contributed by atoms with Crippen LogP contribution in [0, 0.1) is 5.92 Å². The lowest BCUT2D eigenvalue weighted by Gasteiger charge is -2.38. The van der Waals surface area contributed by atoms with Gasteiger partial charge in [-0.1, -0.05) is 48.5 Å². The number of carboxylic acids is 1. The molecule has 2 aromatic rings. The number of aliphatic carboxylic acids is 1. The molecule has 0 aromatic heterocycles. The number of carboxylic acid groups (broad SMARTS) is 1. The van der Waals surface area contributed by atoms with Crippen molar-refractivity contribution >= 4 is 18.2 Å². The maximum atomic E-state index is 13.1. The zero-order chi connectivity index (χ0) is 25.2. The Morgan fingerprint density at radius 2 is 1.63 bits per heavy atom. The fraction of sp³-hybridized carbons (Fsp3) is 0.444. The lowest BCUT2D eigenvalue weighted by molar-refractivity contribution is -0.146. The molecule has 2 atom stereocenters. The summed E-state index contributed by atoms with van der Waals surface area (Å²) in [6.45, 7) is 5.77. The van der Waals surface area contributed by atoms with Gasteiger partial charge in [-0.05, 0) is 55.9 Å². The minimum absolute atomic E-state index is 0.0963. The molecule has 1 saturated heterocycles. The third kappa shape index (κ3) is 5.42. The normalized spacial score (nSPS) is 19.5. The number of likely N-dealkylation sites (tertiary alicyclic amines) is 1. The van der Waals surface area contributed by atoms with Crippen molar-refractivity contribution in [3.8, 4) is 11.1 Å². The summed E-state index contributed by atoms with van der Waals surface area (Å²) < 4.78 is 11.0. The molecule has 2 amide bonds. The number of nitrogens with zero attached hydrogens (tertiary/aromatic N) is 1. The first-order valence-electron chi connectivity index (χ1n) is 12.0. The van der Waals surface area contributed by atoms with E-state index in [1.807, 2.05) is 36.4 Å². The van der Waals surface area contributed by atoms with Crippen molar-refractivity contribution in [3.05, 3.63) is 59.7 Å². The van der Waals surface area contributed by atoms with E-state index >= 15 is 0 Å². The number of hydrogen-bond acceptors (Lipinski definition) is 5. The summed E-state index contributed by atoms with van der Waals surface area (Å²) in [5.41, 5.74) is 3.78. The van der Waals surface area contributed by atoms with Crippen LogP contribution < -0.4 is 5.32 Å². The Morgan fingerprint density at radius 1 is 1.03 bits per heavy atom. The second-order valence-corrected chi connectivity index (χ2v) is 10.1. The summed E-state index contributed by atoms with van der Waals surface area (Å²) in [5.74, 6) is -1.67. The van der Waals surface area contributed by atoms with Crippen LogP contribution in [0.3, 0.4) is 0 Å². The van der Waals surface area contributed by atoms with Crippen molar-refractivity contribution in [2.24, 2.45) is 5.92 Å². The summed E-state index contributed by atoms with van der Waals surface area (Å²) in [6, 6.07) is 15.0. The maximum Gasteiger partial charge on any atom is 0.410 e. The van der Waals surface area contributed by atoms with E-state index < -0.39 is 35.7 Å². The summed E-state index contributed by atoms with van der Waals surface area (Å²) in [6.07, 6.45) is -0.0738. The van der Waals surface area contributed by atoms with E-state index in [-0.39, 0.29) is 25.6 Å². The van der Waals surface area contributed by atoms with Crippen molar-refractivity contribution < 1.29 is 29.0 Å². The number of piperidine rings is 1. The predicted octanol–water partition coefficient (Wildman–Crippen LogP) is 4.63. The van der Waals surface area contributed by atoms with Crippen LogP contribution >= 0.6 is 0 Å². The second kappa shape index (κ2) is 9.98. The first kappa shape index (κ1) is 24.6. The molecule has 0 bridgehead atoms. The zero-order valence-electron chi connectivity index (χ0n) is 20.3. The lowest BCUT2D eigenvalue weighted by Crippen LogP contribution is -2.55. The Hall–Kier alpha value is -3.55. The molecule has 1 aliphatic heterocycles. The third-order valence-corrected chi connectivity index (χ3v) is 6.49. The van der Waals surface area contributed by atoms with Crippen molar-refractivity contribution in [2.75, 3.05) is 19.7 Å². The predicted molar refractivity (Wildman–Crippen MR) is 130 cm³/mol. The molecular formula is C27H32N2O6. The largest absolute Gasteiger partial charge is 0.480 e. The summed E-state index contributed by atoms with van der Waals surface area (Å²) in [7, 11) is 0. The molecular weight excluding hydrogens is 448 g/mol. The van der Waals surface area contributed by atoms with Crippen LogP contribution in [0.25, 0.3) is 11.1 Å². The average molecular weight is 481 g/mol. The van der Waals surface area contributed by atoms with E-state index in [0.717, 1.165) is 22.3 Å². The Kier molecular flexibility index (Phi) is 7.00. The molecule has 0 unspecified atom stereocenters. The molecule has 1 fully saturated rings. The molecule has 8 nitrogen and oxygen atoms in total. The second-order valence-electron chi connectivity index (χ2n) is 10.1. The van der Waals surface area contributed by atoms with Gasteiger partial charge in [-0.25, -0.2) is 14.4 Å². The van der Waals surface area contributed by atoms with Gasteiger partial charge in [0.25, 0.3) is 0 Å². The highest BCUT2D eigenvalue weighted by Crippen LogP contribution is 2.44. The van der Waals surface area contributed by atoms with Crippen molar-refractivity contribution in [2.45, 2.75) is 51.2 Å². The molecule has 1 heterocycles. The highest BCUT2D eigenvalue weighted by Gasteiger charge is 2.41. The van der Waals surface area contributed by atoms with Gasteiger partial charge in [-0.2, -0.15) is 0 Å². The average Bonchev–Trinajstić information content (AvgIpc) is 3.13. The van der Waals surface area contributed by atoms with E-state index in [9.17, 15) is 19.5 Å². The SMILES string of the molecule is CC(C)(C)OC(=O)NC[C@H]1CCCN(C(=O)OCC2c3ccccc3-c3ccccc32)[C@H]1C(=O)O. The number of ether oxygens (including phenoxy) is 2. The Morgan fingerprint density at radius 3 is 2.20 bits per heavy atom. The van der Waals surface area contributed by atoms with Gasteiger partial charge in [-0.3, -0.25) is 4.90 Å². The third-order valence-electron chi connectivity index (χ3n) is 6.49. The van der Waals surface area contributed by atoms with Crippen LogP contribution in [0.1, 0.15) is 50.7 Å². The van der Waals surface area contributed by atoms with Crippen LogP contribution in [0.15, 0.2) is 48.5 Å². The molecule has 2 aliphatic rings. The first-order valence-corrected chi connectivity index (χ1v) is 12.0. The van der Waals surface area contributed by atoms with Crippen LogP contribution in [0.4, 0.5) is 9.59 Å². The lowest BCUT2D eigenvalue weighted by atomic mass is 9.89. The van der Waals surface area contributed by atoms with E-state index in [1.54, 1.807) is 20.8 Å². The van der Waals surface area contributed by atoms with Crippen LogP contribution in [0.2, 0.25) is 0 Å². The Balaban J connectivity index is 1.43. The standard InChI is InChI=1S/C27H32N2O6/c1-27(2,3)35-25(32)28-15-17-9-8-14-29(23(17)24(30)31)26(33)34-16-22-20-12-6-4-10-18(20)19-11-5-7-13-21(19)22/h4-7,10-13,17,22-23H,8-9,14-16H2,1-3H3,(H,28,32)(H,30,31)/t17-,23-/m1/s1. The van der Waals surface area contributed by atoms with Gasteiger partial charge < -0.3 is 19.9 Å². The van der Waals surface area contributed by atoms with Crippen LogP contribution in [-0.2, 0) is 14.3 Å². The summed E-state index contributed by atoms with van der Waals surface area (Å²) in [4.78, 5) is 38.6. The monoisotopic (exact) mass is 480 g/mol. The van der Waals surface area contributed by atoms with Gasteiger partial charge in [0.1, 0.15) is 18.2 Å². The van der Waals surface area contributed by atoms with Gasteiger partial charge in [0.2, 0.25) is 0 Å². The molecule has 0 radical (unpaired) electrons. The highest BCUT2D eigenvalue weighted by atomic mass is 16.6. The number of carbonyl (C=O) groups is 3. The first-order chi connectivity index (χ1) is 16.7. The molecule has 35 heavy (non-hydrogen) atoms. The number of amides is 2. The zero-order valence-corrected chi connectivity index (χ0v) is 20.3. The van der Waals surface area contributed by atoms with Crippen molar-refractivity contribution in [1.82, 2.24) is 10.2 Å². The van der Waals surface area contributed by atoms with Crippen molar-refractivity contribution in [1.29, 1.82) is 0 Å². The van der Waals surface area contributed by atoms with E-state index in [2.05, 4.69) is 17.4 Å². The fourth-order valence-corrected chi connectivity index (χ4v) is 5.03. The Labute approximate surface area is 205 Å². The fourth-order valence-electron chi connectivity index (χ4n) is 5.03. The van der Waals surface area contributed by atoms with E-state index in [4.69, 9.17) is 9.47 Å². The number of benzene rings is 2. The topological polar surface area (TPSA) is 105 Å². The molecule has 2 N–H and O–H groups in total. The molecule has 0 saturated carbocycles. The smallest absolute Gasteiger partial charge is 0.410 e. The van der Waals surface area contributed by atoms with Gasteiger partial charge in [0.15, 0.2) is 0 Å². The Bertz CT molecular complexity index is 1060. The van der Waals surface area contributed by atoms with Gasteiger partial charge >= 0.3 is 18.2 Å². The highest BCUT2D eigenvalue weighted by molar-refractivity contribution is 5.81. The number of nitrogens with one attached hydrogen (secondary N) is 1. The van der Waals surface area contributed by atoms with Crippen molar-refractivity contribution in [3.63, 3.8) is 0 Å². The van der Waals surface area contributed by atoms with Crippen LogP contribution in [-0.4, -0.2) is 59.5 Å².